The summed E-state index contributed by atoms with van der Waals surface area (Å²) in [6, 6.07) is 0. The van der Waals surface area contributed by atoms with Gasteiger partial charge in [-0.3, -0.25) is 0 Å². The second kappa shape index (κ2) is 7.11. The van der Waals surface area contributed by atoms with Gasteiger partial charge in [0.2, 0.25) is 0 Å². The number of amides is 1. The van der Waals surface area contributed by atoms with E-state index in [0.717, 1.165) is 32.4 Å². The third kappa shape index (κ3) is 5.27. The molecule has 124 valence electrons. The SMILES string of the molecule is C[C@@H](OC(=O)N1CCCCC1)[C@@H](O)O[Si](C)(C)C(C)(C)C. The molecule has 2 atom stereocenters. The topological polar surface area (TPSA) is 59.0 Å². The molecule has 5 nitrogen and oxygen atoms in total. The molecule has 0 spiro atoms. The van der Waals surface area contributed by atoms with E-state index in [1.165, 1.54) is 0 Å². The summed E-state index contributed by atoms with van der Waals surface area (Å²) in [5.41, 5.74) is 0. The second-order valence-corrected chi connectivity index (χ2v) is 12.2. The van der Waals surface area contributed by atoms with Crippen LogP contribution in [0, 0.1) is 0 Å². The molecule has 1 fully saturated rings. The predicted molar refractivity (Wildman–Crippen MR) is 85.7 cm³/mol. The largest absolute Gasteiger partial charge is 0.441 e. The summed E-state index contributed by atoms with van der Waals surface area (Å²) in [7, 11) is -2.08. The third-order valence-electron chi connectivity index (χ3n) is 4.52. The van der Waals surface area contributed by atoms with E-state index in [-0.39, 0.29) is 11.1 Å². The molecule has 0 aliphatic carbocycles. The van der Waals surface area contributed by atoms with Crippen molar-refractivity contribution in [2.45, 2.75) is 77.5 Å². The zero-order valence-electron chi connectivity index (χ0n) is 14.3. The summed E-state index contributed by atoms with van der Waals surface area (Å²) in [5.74, 6) is 0. The van der Waals surface area contributed by atoms with Gasteiger partial charge in [0.1, 0.15) is 0 Å². The first kappa shape index (κ1) is 18.5. The van der Waals surface area contributed by atoms with Crippen LogP contribution in [0.1, 0.15) is 47.0 Å². The zero-order valence-corrected chi connectivity index (χ0v) is 15.3. The zero-order chi connectivity index (χ0) is 16.3. The van der Waals surface area contributed by atoms with Gasteiger partial charge in [-0.05, 0) is 44.3 Å². The highest BCUT2D eigenvalue weighted by atomic mass is 28.4. The molecule has 0 aromatic heterocycles. The normalized spacial score (nSPS) is 20.0. The fourth-order valence-corrected chi connectivity index (χ4v) is 3.09. The molecule has 0 saturated carbocycles. The van der Waals surface area contributed by atoms with Crippen LogP contribution in [0.2, 0.25) is 18.1 Å². The Kier molecular flexibility index (Phi) is 6.25. The van der Waals surface area contributed by atoms with Crippen LogP contribution < -0.4 is 0 Å². The van der Waals surface area contributed by atoms with Crippen molar-refractivity contribution in [3.63, 3.8) is 0 Å². The molecule has 1 saturated heterocycles. The molecule has 1 heterocycles. The van der Waals surface area contributed by atoms with Crippen LogP contribution in [-0.4, -0.2) is 49.9 Å². The van der Waals surface area contributed by atoms with Crippen molar-refractivity contribution >= 4 is 14.4 Å². The summed E-state index contributed by atoms with van der Waals surface area (Å²) in [4.78, 5) is 13.7. The number of carbonyl (C=O) groups excluding carboxylic acids is 1. The Morgan fingerprint density at radius 1 is 1.19 bits per heavy atom. The Morgan fingerprint density at radius 3 is 2.19 bits per heavy atom. The molecule has 0 aromatic carbocycles. The summed E-state index contributed by atoms with van der Waals surface area (Å²) in [6.07, 6.45) is 1.13. The van der Waals surface area contributed by atoms with E-state index >= 15 is 0 Å². The van der Waals surface area contributed by atoms with Crippen LogP contribution in [0.3, 0.4) is 0 Å². The Hall–Kier alpha value is -0.593. The van der Waals surface area contributed by atoms with Crippen LogP contribution in [0.5, 0.6) is 0 Å². The van der Waals surface area contributed by atoms with E-state index in [4.69, 9.17) is 9.16 Å². The predicted octanol–water partition coefficient (Wildman–Crippen LogP) is 3.34. The maximum Gasteiger partial charge on any atom is 0.410 e. The van der Waals surface area contributed by atoms with Gasteiger partial charge in [-0.15, -0.1) is 0 Å². The molecule has 0 bridgehead atoms. The number of rotatable bonds is 4. The minimum Gasteiger partial charge on any atom is -0.441 e. The van der Waals surface area contributed by atoms with Gasteiger partial charge < -0.3 is 19.2 Å². The number of piperidine rings is 1. The summed E-state index contributed by atoms with van der Waals surface area (Å²) in [5, 5.41) is 10.2. The van der Waals surface area contributed by atoms with Crippen LogP contribution in [-0.2, 0) is 9.16 Å². The fourth-order valence-electron chi connectivity index (χ4n) is 1.94. The lowest BCUT2D eigenvalue weighted by Crippen LogP contribution is -2.48. The van der Waals surface area contributed by atoms with Crippen molar-refractivity contribution in [3.05, 3.63) is 0 Å². The second-order valence-electron chi connectivity index (χ2n) is 7.41. The van der Waals surface area contributed by atoms with E-state index in [2.05, 4.69) is 33.9 Å². The van der Waals surface area contributed by atoms with Gasteiger partial charge in [-0.2, -0.15) is 0 Å². The Labute approximate surface area is 129 Å². The highest BCUT2D eigenvalue weighted by Crippen LogP contribution is 2.37. The number of carbonyl (C=O) groups is 1. The highest BCUT2D eigenvalue weighted by molar-refractivity contribution is 6.74. The standard InChI is InChI=1S/C15H31NO4Si/c1-12(13(17)20-21(5,6)15(2,3)4)19-14(18)16-10-8-7-9-11-16/h12-13,17H,7-11H2,1-6H3/t12-,13+/m1/s1. The smallest absolute Gasteiger partial charge is 0.410 e. The van der Waals surface area contributed by atoms with Gasteiger partial charge >= 0.3 is 6.09 Å². The Bertz CT molecular complexity index is 348. The first-order valence-corrected chi connectivity index (χ1v) is 10.8. The molecule has 21 heavy (non-hydrogen) atoms. The average molecular weight is 318 g/mol. The van der Waals surface area contributed by atoms with E-state index in [9.17, 15) is 9.90 Å². The number of hydrogen-bond acceptors (Lipinski definition) is 4. The highest BCUT2D eigenvalue weighted by Gasteiger charge is 2.40. The lowest BCUT2D eigenvalue weighted by atomic mass is 10.1. The molecule has 1 aliphatic heterocycles. The van der Waals surface area contributed by atoms with Crippen molar-refractivity contribution in [2.24, 2.45) is 0 Å². The van der Waals surface area contributed by atoms with Crippen LogP contribution in [0.15, 0.2) is 0 Å². The van der Waals surface area contributed by atoms with Crippen LogP contribution in [0.4, 0.5) is 4.79 Å². The number of aliphatic hydroxyl groups is 1. The molecule has 6 heteroatoms. The van der Waals surface area contributed by atoms with Gasteiger partial charge in [-0.25, -0.2) is 4.79 Å². The van der Waals surface area contributed by atoms with Crippen molar-refractivity contribution in [2.75, 3.05) is 13.1 Å². The number of aliphatic hydroxyl groups excluding tert-OH is 1. The fraction of sp³-hybridized carbons (Fsp3) is 0.933. The first-order valence-electron chi connectivity index (χ1n) is 7.86. The van der Waals surface area contributed by atoms with E-state index in [1.54, 1.807) is 11.8 Å². The van der Waals surface area contributed by atoms with Gasteiger partial charge in [0.15, 0.2) is 20.7 Å². The molecule has 0 unspecified atom stereocenters. The number of likely N-dealkylation sites (tertiary alicyclic amines) is 1. The number of hydrogen-bond donors (Lipinski definition) is 1. The van der Waals surface area contributed by atoms with Gasteiger partial charge in [-0.1, -0.05) is 20.8 Å². The minimum absolute atomic E-state index is 0.00454. The van der Waals surface area contributed by atoms with Crippen LogP contribution >= 0.6 is 0 Å². The summed E-state index contributed by atoms with van der Waals surface area (Å²) < 4.78 is 11.2. The van der Waals surface area contributed by atoms with Crippen molar-refractivity contribution in [1.82, 2.24) is 4.90 Å². The van der Waals surface area contributed by atoms with E-state index in [0.29, 0.717) is 0 Å². The summed E-state index contributed by atoms with van der Waals surface area (Å²) in [6.45, 7) is 13.6. The van der Waals surface area contributed by atoms with E-state index in [1.807, 2.05) is 0 Å². The molecule has 0 aromatic rings. The average Bonchev–Trinajstić information content (AvgIpc) is 2.37. The Morgan fingerprint density at radius 2 is 1.71 bits per heavy atom. The molecule has 1 amide bonds. The van der Waals surface area contributed by atoms with Crippen molar-refractivity contribution in [3.8, 4) is 0 Å². The molecular formula is C15H31NO4Si. The number of nitrogens with zero attached hydrogens (tertiary/aromatic N) is 1. The molecule has 0 radical (unpaired) electrons. The number of ether oxygens (including phenoxy) is 1. The lowest BCUT2D eigenvalue weighted by Gasteiger charge is -2.39. The lowest BCUT2D eigenvalue weighted by molar-refractivity contribution is -0.111. The van der Waals surface area contributed by atoms with E-state index < -0.39 is 20.7 Å². The van der Waals surface area contributed by atoms with Crippen molar-refractivity contribution in [1.29, 1.82) is 0 Å². The first-order chi connectivity index (χ1) is 9.54. The monoisotopic (exact) mass is 317 g/mol. The van der Waals surface area contributed by atoms with Gasteiger partial charge in [0.25, 0.3) is 0 Å². The van der Waals surface area contributed by atoms with Gasteiger partial charge in [0, 0.05) is 13.1 Å². The maximum atomic E-state index is 12.0. The van der Waals surface area contributed by atoms with Crippen molar-refractivity contribution < 1.29 is 19.1 Å². The van der Waals surface area contributed by atoms with Gasteiger partial charge in [0.05, 0.1) is 0 Å². The quantitative estimate of drug-likeness (QED) is 0.638. The maximum absolute atomic E-state index is 12.0. The molecule has 1 rings (SSSR count). The Balaban J connectivity index is 2.50. The third-order valence-corrected chi connectivity index (χ3v) is 8.97. The molecule has 1 N–H and O–H groups in total. The van der Waals surface area contributed by atoms with Crippen LogP contribution in [0.25, 0.3) is 0 Å². The molecule has 1 aliphatic rings. The summed E-state index contributed by atoms with van der Waals surface area (Å²) >= 11 is 0. The minimum atomic E-state index is -2.08. The molecular weight excluding hydrogens is 286 g/mol.